The summed E-state index contributed by atoms with van der Waals surface area (Å²) in [7, 11) is 0. The van der Waals surface area contributed by atoms with Gasteiger partial charge in [-0.15, -0.1) is 0 Å². The minimum absolute atomic E-state index is 0.764. The van der Waals surface area contributed by atoms with Crippen LogP contribution in [-0.2, 0) is 11.3 Å². The molecule has 96 valence electrons. The van der Waals surface area contributed by atoms with Gasteiger partial charge in [-0.2, -0.15) is 0 Å². The van der Waals surface area contributed by atoms with Crippen LogP contribution in [0.15, 0.2) is 18.5 Å². The largest absolute Gasteiger partial charge is 0.381 e. The zero-order chi connectivity index (χ0) is 12.4. The smallest absolute Gasteiger partial charge is 0.178 e. The number of ether oxygens (including phenoxy) is 1. The lowest BCUT2D eigenvalue weighted by molar-refractivity contribution is 0.119. The SMILES string of the molecule is S=c1[nH]c2cnccc2n1CCCOCC1CC1. The number of aromatic amines is 1. The Morgan fingerprint density at radius 2 is 2.39 bits per heavy atom. The van der Waals surface area contributed by atoms with Gasteiger partial charge < -0.3 is 14.3 Å². The lowest BCUT2D eigenvalue weighted by Gasteiger charge is -2.05. The van der Waals surface area contributed by atoms with Crippen LogP contribution >= 0.6 is 12.2 Å². The zero-order valence-electron chi connectivity index (χ0n) is 10.3. The van der Waals surface area contributed by atoms with Gasteiger partial charge in [-0.3, -0.25) is 4.98 Å². The molecule has 0 saturated heterocycles. The number of rotatable bonds is 6. The number of aromatic nitrogens is 3. The quantitative estimate of drug-likeness (QED) is 0.643. The molecule has 1 aliphatic carbocycles. The van der Waals surface area contributed by atoms with Crippen molar-refractivity contribution in [1.29, 1.82) is 0 Å². The Hall–Kier alpha value is -1.20. The van der Waals surface area contributed by atoms with Gasteiger partial charge in [0.15, 0.2) is 4.77 Å². The highest BCUT2D eigenvalue weighted by Crippen LogP contribution is 2.28. The Balaban J connectivity index is 1.59. The molecule has 5 heteroatoms. The van der Waals surface area contributed by atoms with Crippen molar-refractivity contribution in [3.8, 4) is 0 Å². The maximum atomic E-state index is 5.64. The molecule has 0 amide bonds. The van der Waals surface area contributed by atoms with Gasteiger partial charge in [0.25, 0.3) is 0 Å². The molecule has 2 heterocycles. The van der Waals surface area contributed by atoms with E-state index in [1.54, 1.807) is 6.20 Å². The Morgan fingerprint density at radius 1 is 1.50 bits per heavy atom. The second kappa shape index (κ2) is 5.20. The Labute approximate surface area is 111 Å². The number of imidazole rings is 1. The molecule has 2 aromatic rings. The molecule has 0 aromatic carbocycles. The predicted molar refractivity (Wildman–Crippen MR) is 73.1 cm³/mol. The van der Waals surface area contributed by atoms with E-state index in [-0.39, 0.29) is 0 Å². The summed E-state index contributed by atoms with van der Waals surface area (Å²) in [6, 6.07) is 1.99. The molecule has 0 unspecified atom stereocenters. The highest BCUT2D eigenvalue weighted by atomic mass is 32.1. The predicted octanol–water partition coefficient (Wildman–Crippen LogP) is 2.91. The molecule has 4 nitrogen and oxygen atoms in total. The van der Waals surface area contributed by atoms with E-state index >= 15 is 0 Å². The van der Waals surface area contributed by atoms with Gasteiger partial charge in [0.2, 0.25) is 0 Å². The molecule has 0 spiro atoms. The maximum Gasteiger partial charge on any atom is 0.178 e. The monoisotopic (exact) mass is 263 g/mol. The summed E-state index contributed by atoms with van der Waals surface area (Å²) in [6.07, 6.45) is 7.30. The third-order valence-electron chi connectivity index (χ3n) is 3.30. The second-order valence-corrected chi connectivity index (χ2v) is 5.23. The summed E-state index contributed by atoms with van der Waals surface area (Å²) in [5, 5.41) is 0. The van der Waals surface area contributed by atoms with E-state index in [0.717, 1.165) is 47.9 Å². The minimum atomic E-state index is 0.764. The van der Waals surface area contributed by atoms with Crippen LogP contribution in [0.1, 0.15) is 19.3 Å². The third kappa shape index (κ3) is 2.62. The van der Waals surface area contributed by atoms with E-state index in [9.17, 15) is 0 Å². The number of fused-ring (bicyclic) bond motifs is 1. The van der Waals surface area contributed by atoms with Crippen molar-refractivity contribution in [3.63, 3.8) is 0 Å². The first kappa shape index (κ1) is 11.9. The molecular weight excluding hydrogens is 246 g/mol. The van der Waals surface area contributed by atoms with E-state index in [0.29, 0.717) is 0 Å². The molecule has 1 saturated carbocycles. The van der Waals surface area contributed by atoms with E-state index in [1.807, 2.05) is 12.3 Å². The van der Waals surface area contributed by atoms with E-state index in [1.165, 1.54) is 12.8 Å². The lowest BCUT2D eigenvalue weighted by atomic mass is 10.4. The molecule has 1 N–H and O–H groups in total. The van der Waals surface area contributed by atoms with Gasteiger partial charge in [-0.1, -0.05) is 0 Å². The first-order valence-corrected chi connectivity index (χ1v) is 6.85. The van der Waals surface area contributed by atoms with Crippen LogP contribution in [0.4, 0.5) is 0 Å². The summed E-state index contributed by atoms with van der Waals surface area (Å²) in [5.41, 5.74) is 2.12. The first-order chi connectivity index (χ1) is 8.84. The topological polar surface area (TPSA) is 42.8 Å². The van der Waals surface area contributed by atoms with Crippen molar-refractivity contribution >= 4 is 23.3 Å². The van der Waals surface area contributed by atoms with Crippen molar-refractivity contribution in [3.05, 3.63) is 23.2 Å². The summed E-state index contributed by atoms with van der Waals surface area (Å²) in [6.45, 7) is 2.65. The Kier molecular flexibility index (Phi) is 3.43. The van der Waals surface area contributed by atoms with Crippen LogP contribution in [0.2, 0.25) is 0 Å². The Morgan fingerprint density at radius 3 is 3.22 bits per heavy atom. The van der Waals surface area contributed by atoms with Crippen molar-refractivity contribution in [2.45, 2.75) is 25.8 Å². The fraction of sp³-hybridized carbons (Fsp3) is 0.538. The average Bonchev–Trinajstić information content (AvgIpc) is 3.13. The van der Waals surface area contributed by atoms with Gasteiger partial charge in [0, 0.05) is 26.0 Å². The highest BCUT2D eigenvalue weighted by molar-refractivity contribution is 7.71. The number of pyridine rings is 1. The molecule has 1 fully saturated rings. The molecule has 3 rings (SSSR count). The molecule has 0 radical (unpaired) electrons. The number of nitrogens with zero attached hydrogens (tertiary/aromatic N) is 2. The van der Waals surface area contributed by atoms with Crippen LogP contribution in [0, 0.1) is 10.7 Å². The van der Waals surface area contributed by atoms with Crippen LogP contribution in [-0.4, -0.2) is 27.7 Å². The molecule has 1 aliphatic rings. The Bertz CT molecular complexity index is 585. The minimum Gasteiger partial charge on any atom is -0.381 e. The average molecular weight is 263 g/mol. The molecular formula is C13H17N3OS. The van der Waals surface area contributed by atoms with Gasteiger partial charge in [0.05, 0.1) is 17.2 Å². The summed E-state index contributed by atoms with van der Waals surface area (Å²) < 4.78 is 8.52. The lowest BCUT2D eigenvalue weighted by Crippen LogP contribution is -2.04. The fourth-order valence-electron chi connectivity index (χ4n) is 2.09. The molecule has 2 aromatic heterocycles. The summed E-state index contributed by atoms with van der Waals surface area (Å²) in [4.78, 5) is 7.26. The number of aryl methyl sites for hydroxylation is 1. The van der Waals surface area contributed by atoms with Crippen LogP contribution < -0.4 is 0 Å². The van der Waals surface area contributed by atoms with Crippen molar-refractivity contribution in [2.24, 2.45) is 5.92 Å². The van der Waals surface area contributed by atoms with E-state index in [4.69, 9.17) is 17.0 Å². The zero-order valence-corrected chi connectivity index (χ0v) is 11.1. The summed E-state index contributed by atoms with van der Waals surface area (Å²) >= 11 is 5.32. The van der Waals surface area contributed by atoms with Gasteiger partial charge in [0.1, 0.15) is 0 Å². The molecule has 0 aliphatic heterocycles. The maximum absolute atomic E-state index is 5.64. The number of hydrogen-bond donors (Lipinski definition) is 1. The van der Waals surface area contributed by atoms with Crippen LogP contribution in [0.5, 0.6) is 0 Å². The standard InChI is InChI=1S/C13H17N3OS/c18-13-15-11-8-14-5-4-12(11)16(13)6-1-7-17-9-10-2-3-10/h4-5,8,10H,1-3,6-7,9H2,(H,15,18). The van der Waals surface area contributed by atoms with Crippen molar-refractivity contribution in [1.82, 2.24) is 14.5 Å². The fourth-order valence-corrected chi connectivity index (χ4v) is 2.39. The highest BCUT2D eigenvalue weighted by Gasteiger charge is 2.20. The van der Waals surface area contributed by atoms with Crippen molar-refractivity contribution < 1.29 is 4.74 Å². The number of nitrogens with one attached hydrogen (secondary N) is 1. The van der Waals surface area contributed by atoms with Crippen molar-refractivity contribution in [2.75, 3.05) is 13.2 Å². The van der Waals surface area contributed by atoms with E-state index < -0.39 is 0 Å². The first-order valence-electron chi connectivity index (χ1n) is 6.45. The van der Waals surface area contributed by atoms with Gasteiger partial charge in [-0.05, 0) is 43.5 Å². The summed E-state index contributed by atoms with van der Waals surface area (Å²) in [5.74, 6) is 0.839. The third-order valence-corrected chi connectivity index (χ3v) is 3.62. The molecule has 0 atom stereocenters. The van der Waals surface area contributed by atoms with Gasteiger partial charge >= 0.3 is 0 Å². The van der Waals surface area contributed by atoms with Crippen LogP contribution in [0.3, 0.4) is 0 Å². The van der Waals surface area contributed by atoms with Gasteiger partial charge in [-0.25, -0.2) is 0 Å². The van der Waals surface area contributed by atoms with E-state index in [2.05, 4.69) is 14.5 Å². The number of hydrogen-bond acceptors (Lipinski definition) is 3. The normalized spacial score (nSPS) is 15.3. The second-order valence-electron chi connectivity index (χ2n) is 4.85. The molecule has 18 heavy (non-hydrogen) atoms. The number of H-pyrrole nitrogens is 1. The molecule has 0 bridgehead atoms. The van der Waals surface area contributed by atoms with Crippen LogP contribution in [0.25, 0.3) is 11.0 Å².